The highest BCUT2D eigenvalue weighted by atomic mass is 32.2. The van der Waals surface area contributed by atoms with Crippen LogP contribution in [0, 0.1) is 5.82 Å². The van der Waals surface area contributed by atoms with Crippen LogP contribution in [-0.4, -0.2) is 39.8 Å². The smallest absolute Gasteiger partial charge is 0.181 e. The third-order valence-electron chi connectivity index (χ3n) is 4.45. The molecule has 0 aromatic heterocycles. The molecule has 1 heterocycles. The fourth-order valence-electron chi connectivity index (χ4n) is 3.22. The van der Waals surface area contributed by atoms with E-state index in [0.29, 0.717) is 18.5 Å². The number of nitrogens with one attached hydrogen (secondary N) is 1. The first-order valence-electron chi connectivity index (χ1n) is 7.58. The molecule has 0 unspecified atom stereocenters. The van der Waals surface area contributed by atoms with Crippen LogP contribution in [0.25, 0.3) is 0 Å². The van der Waals surface area contributed by atoms with E-state index in [4.69, 9.17) is 0 Å². The van der Waals surface area contributed by atoms with Crippen LogP contribution in [-0.2, 0) is 9.84 Å². The van der Waals surface area contributed by atoms with E-state index in [1.54, 1.807) is 12.1 Å². The molecule has 1 N–H and O–H groups in total. The molecular weight excluding hydrogens is 291 g/mol. The van der Waals surface area contributed by atoms with E-state index in [2.05, 4.69) is 5.32 Å². The van der Waals surface area contributed by atoms with Crippen molar-refractivity contribution in [1.29, 1.82) is 0 Å². The van der Waals surface area contributed by atoms with E-state index in [-0.39, 0.29) is 10.1 Å². The first-order valence-corrected chi connectivity index (χ1v) is 9.13. The van der Waals surface area contributed by atoms with E-state index in [1.165, 1.54) is 6.07 Å². The molecule has 0 atom stereocenters. The summed E-state index contributed by atoms with van der Waals surface area (Å²) in [5, 5.41) is 2.89. The molecule has 2 fully saturated rings. The van der Waals surface area contributed by atoms with E-state index < -0.39 is 15.7 Å². The molecule has 2 aliphatic rings. The number of halogens is 1. The van der Waals surface area contributed by atoms with E-state index in [0.717, 1.165) is 39.0 Å². The van der Waals surface area contributed by atoms with Gasteiger partial charge < -0.3 is 10.2 Å². The molecule has 0 bridgehead atoms. The Labute approximate surface area is 125 Å². The van der Waals surface area contributed by atoms with Gasteiger partial charge in [0.25, 0.3) is 0 Å². The first kappa shape index (κ1) is 14.8. The number of sulfone groups is 1. The van der Waals surface area contributed by atoms with Crippen LogP contribution < -0.4 is 10.2 Å². The quantitative estimate of drug-likeness (QED) is 0.927. The average Bonchev–Trinajstić information content (AvgIpc) is 3.03. The van der Waals surface area contributed by atoms with Gasteiger partial charge in [0.1, 0.15) is 5.82 Å². The Balaban J connectivity index is 1.86. The van der Waals surface area contributed by atoms with Gasteiger partial charge in [-0.05, 0) is 31.0 Å². The summed E-state index contributed by atoms with van der Waals surface area (Å²) < 4.78 is 39.3. The summed E-state index contributed by atoms with van der Waals surface area (Å²) in [5.74, 6) is -0.434. The van der Waals surface area contributed by atoms with Crippen LogP contribution in [0.2, 0.25) is 0 Å². The molecule has 1 saturated carbocycles. The minimum Gasteiger partial charge on any atom is -0.367 e. The van der Waals surface area contributed by atoms with E-state index >= 15 is 0 Å². The molecule has 116 valence electrons. The zero-order chi connectivity index (χ0) is 14.9. The number of hydrogen-bond acceptors (Lipinski definition) is 4. The number of rotatable bonds is 3. The van der Waals surface area contributed by atoms with Crippen LogP contribution in [0.4, 0.5) is 10.1 Å². The maximum absolute atomic E-state index is 14.3. The van der Waals surface area contributed by atoms with Gasteiger partial charge in [-0.15, -0.1) is 0 Å². The average molecular weight is 312 g/mol. The van der Waals surface area contributed by atoms with Crippen molar-refractivity contribution < 1.29 is 12.8 Å². The predicted molar refractivity (Wildman–Crippen MR) is 80.9 cm³/mol. The van der Waals surface area contributed by atoms with Crippen molar-refractivity contribution in [3.63, 3.8) is 0 Å². The Kier molecular flexibility index (Phi) is 4.17. The molecule has 4 nitrogen and oxygen atoms in total. The summed E-state index contributed by atoms with van der Waals surface area (Å²) in [6.07, 6.45) is 3.30. The van der Waals surface area contributed by atoms with Gasteiger partial charge in [0, 0.05) is 26.2 Å². The topological polar surface area (TPSA) is 49.4 Å². The maximum atomic E-state index is 14.3. The van der Waals surface area contributed by atoms with Crippen molar-refractivity contribution in [2.24, 2.45) is 0 Å². The van der Waals surface area contributed by atoms with Gasteiger partial charge in [0.05, 0.1) is 15.8 Å². The SMILES string of the molecule is O=S(=O)(c1ccc(N2CCNCC2)c(F)c1)C1CCCC1. The highest BCUT2D eigenvalue weighted by Crippen LogP contribution is 2.31. The van der Waals surface area contributed by atoms with Gasteiger partial charge in [-0.1, -0.05) is 12.8 Å². The molecule has 3 rings (SSSR count). The van der Waals surface area contributed by atoms with Gasteiger partial charge in [-0.25, -0.2) is 12.8 Å². The monoisotopic (exact) mass is 312 g/mol. The van der Waals surface area contributed by atoms with Gasteiger partial charge in [0.2, 0.25) is 0 Å². The summed E-state index contributed by atoms with van der Waals surface area (Å²) in [7, 11) is -3.38. The summed E-state index contributed by atoms with van der Waals surface area (Å²) in [4.78, 5) is 2.09. The molecule has 1 aliphatic heterocycles. The van der Waals surface area contributed by atoms with Crippen LogP contribution in [0.5, 0.6) is 0 Å². The summed E-state index contributed by atoms with van der Waals surface area (Å²) >= 11 is 0. The van der Waals surface area contributed by atoms with Gasteiger partial charge in [-0.3, -0.25) is 0 Å². The minimum atomic E-state index is -3.38. The standard InChI is InChI=1S/C15H21FN2O2S/c16-14-11-13(21(19,20)12-3-1-2-4-12)5-6-15(14)18-9-7-17-8-10-18/h5-6,11-12,17H,1-4,7-10H2. The number of hydrogen-bond donors (Lipinski definition) is 1. The van der Waals surface area contributed by atoms with Crippen LogP contribution in [0.3, 0.4) is 0 Å². The van der Waals surface area contributed by atoms with Crippen molar-refractivity contribution in [3.05, 3.63) is 24.0 Å². The van der Waals surface area contributed by atoms with E-state index in [1.807, 2.05) is 4.90 Å². The molecule has 0 amide bonds. The Morgan fingerprint density at radius 3 is 2.43 bits per heavy atom. The van der Waals surface area contributed by atoms with Crippen molar-refractivity contribution in [2.45, 2.75) is 35.8 Å². The van der Waals surface area contributed by atoms with Crippen molar-refractivity contribution in [2.75, 3.05) is 31.1 Å². The van der Waals surface area contributed by atoms with Crippen molar-refractivity contribution in [1.82, 2.24) is 5.32 Å². The lowest BCUT2D eigenvalue weighted by Gasteiger charge is -2.29. The Hall–Kier alpha value is -1.14. The molecule has 21 heavy (non-hydrogen) atoms. The molecule has 0 radical (unpaired) electrons. The third-order valence-corrected chi connectivity index (χ3v) is 6.71. The maximum Gasteiger partial charge on any atom is 0.181 e. The molecule has 1 aromatic carbocycles. The Morgan fingerprint density at radius 2 is 1.81 bits per heavy atom. The van der Waals surface area contributed by atoms with Crippen LogP contribution in [0.15, 0.2) is 23.1 Å². The molecule has 6 heteroatoms. The fraction of sp³-hybridized carbons (Fsp3) is 0.600. The molecular formula is C15H21FN2O2S. The van der Waals surface area contributed by atoms with Crippen LogP contribution >= 0.6 is 0 Å². The van der Waals surface area contributed by atoms with Gasteiger partial charge >= 0.3 is 0 Å². The number of piperazine rings is 1. The largest absolute Gasteiger partial charge is 0.367 e. The summed E-state index contributed by atoms with van der Waals surface area (Å²) in [5.41, 5.74) is 0.502. The first-order chi connectivity index (χ1) is 10.1. The highest BCUT2D eigenvalue weighted by Gasteiger charge is 2.31. The second kappa shape index (κ2) is 5.93. The lowest BCUT2D eigenvalue weighted by Crippen LogP contribution is -2.43. The lowest BCUT2D eigenvalue weighted by atomic mass is 10.2. The zero-order valence-corrected chi connectivity index (χ0v) is 12.8. The predicted octanol–water partition coefficient (Wildman–Crippen LogP) is 1.95. The fourth-order valence-corrected chi connectivity index (χ4v) is 5.08. The molecule has 0 spiro atoms. The summed E-state index contributed by atoms with van der Waals surface area (Å²) in [6.45, 7) is 3.13. The van der Waals surface area contributed by atoms with Crippen LogP contribution in [0.1, 0.15) is 25.7 Å². The van der Waals surface area contributed by atoms with Gasteiger partial charge in [-0.2, -0.15) is 0 Å². The minimum absolute atomic E-state index is 0.130. The highest BCUT2D eigenvalue weighted by molar-refractivity contribution is 7.92. The third kappa shape index (κ3) is 2.92. The van der Waals surface area contributed by atoms with E-state index in [9.17, 15) is 12.8 Å². The molecule has 1 saturated heterocycles. The second-order valence-corrected chi connectivity index (χ2v) is 8.03. The van der Waals surface area contributed by atoms with Crippen molar-refractivity contribution >= 4 is 15.5 Å². The number of benzene rings is 1. The second-order valence-electron chi connectivity index (χ2n) is 5.80. The van der Waals surface area contributed by atoms with Crippen molar-refractivity contribution in [3.8, 4) is 0 Å². The molecule has 1 aromatic rings. The molecule has 1 aliphatic carbocycles. The lowest BCUT2D eigenvalue weighted by molar-refractivity contribution is 0.561. The zero-order valence-electron chi connectivity index (χ0n) is 12.0. The van der Waals surface area contributed by atoms with Gasteiger partial charge in [0.15, 0.2) is 9.84 Å². The Morgan fingerprint density at radius 1 is 1.14 bits per heavy atom. The Bertz CT molecular complexity index is 606. The summed E-state index contributed by atoms with van der Waals surface area (Å²) in [6, 6.07) is 4.38. The number of nitrogens with zero attached hydrogens (tertiary/aromatic N) is 1. The normalized spacial score (nSPS) is 20.9. The number of anilines is 1.